The summed E-state index contributed by atoms with van der Waals surface area (Å²) in [6, 6.07) is 123. The van der Waals surface area contributed by atoms with Crippen LogP contribution in [0.3, 0.4) is 0 Å². The first-order valence-electron chi connectivity index (χ1n) is 38.5. The predicted octanol–water partition coefficient (Wildman–Crippen LogP) is 31.8. The van der Waals surface area contributed by atoms with E-state index in [0.717, 1.165) is 154 Å². The smallest absolute Gasteiger partial charge is 0.416 e. The molecule has 4 aromatic heterocycles. The molecule has 0 aliphatic heterocycles. The van der Waals surface area contributed by atoms with Gasteiger partial charge >= 0.3 is 6.18 Å². The molecule has 0 saturated heterocycles. The van der Waals surface area contributed by atoms with Crippen molar-refractivity contribution in [3.8, 4) is 77.9 Å². The number of para-hydroxylation sites is 4. The van der Waals surface area contributed by atoms with Gasteiger partial charge < -0.3 is 17.7 Å². The van der Waals surface area contributed by atoms with E-state index in [1.54, 1.807) is 12.1 Å². The van der Waals surface area contributed by atoms with Gasteiger partial charge in [-0.15, -0.1) is 0 Å². The molecule has 0 unspecified atom stereocenters. The quantitative estimate of drug-likeness (QED) is 0.149. The lowest BCUT2D eigenvalue weighted by molar-refractivity contribution is -0.137. The minimum atomic E-state index is -4.43. The second-order valence-electron chi connectivity index (χ2n) is 29.8. The SMILES string of the molecule is Cc1c(-c2ccccc2)cccc1-c1ccccc1.Cc1ccc(-c2c3ccc4c5oc6ccccc6c5c(-c5ccc(C(F)(F)F)cc5)c5ccc(c6oc7ccccc7c26)c3c54)cc1.c1ccc(-c2cccc(-c3ccccc3)c2-c2cc3c4oc5ccccc5c4cc4ccc5c6oc7ccccc7c6cc2c5c43)cc1. The highest BCUT2D eigenvalue weighted by molar-refractivity contribution is 6.41. The van der Waals surface area contributed by atoms with E-state index in [1.807, 2.05) is 54.6 Å². The Labute approximate surface area is 651 Å². The van der Waals surface area contributed by atoms with Gasteiger partial charge in [0.15, 0.2) is 0 Å². The van der Waals surface area contributed by atoms with Crippen LogP contribution >= 0.6 is 0 Å². The molecule has 4 nitrogen and oxygen atoms in total. The first-order chi connectivity index (χ1) is 56.0. The van der Waals surface area contributed by atoms with Gasteiger partial charge in [0.1, 0.15) is 44.7 Å². The molecule has 0 fully saturated rings. The number of furan rings is 4. The Bertz CT molecular complexity index is 7810. The van der Waals surface area contributed by atoms with Crippen molar-refractivity contribution in [2.45, 2.75) is 20.0 Å². The Morgan fingerprint density at radius 3 is 1.04 bits per heavy atom. The molecule has 4 heterocycles. The van der Waals surface area contributed by atoms with Crippen LogP contribution < -0.4 is 0 Å². The van der Waals surface area contributed by atoms with Gasteiger partial charge in [0.25, 0.3) is 0 Å². The summed E-state index contributed by atoms with van der Waals surface area (Å²) in [5.74, 6) is 0. The second-order valence-corrected chi connectivity index (χ2v) is 29.8. The molecule has 0 radical (unpaired) electrons. The molecule has 538 valence electrons. The largest absolute Gasteiger partial charge is 0.455 e. The van der Waals surface area contributed by atoms with Crippen molar-refractivity contribution in [3.05, 3.63) is 375 Å². The third kappa shape index (κ3) is 10.5. The van der Waals surface area contributed by atoms with Crippen LogP contribution in [0.5, 0.6) is 0 Å². The molecular formula is C107H65F3O4. The molecule has 0 atom stereocenters. The second kappa shape index (κ2) is 26.1. The molecule has 20 aromatic carbocycles. The van der Waals surface area contributed by atoms with Crippen LogP contribution in [-0.4, -0.2) is 0 Å². The van der Waals surface area contributed by atoms with E-state index in [1.165, 1.54) is 88.3 Å². The minimum absolute atomic E-state index is 0.678. The first-order valence-corrected chi connectivity index (χ1v) is 38.5. The zero-order chi connectivity index (χ0) is 76.0. The molecule has 24 aromatic rings. The highest BCUT2D eigenvalue weighted by atomic mass is 19.4. The Morgan fingerprint density at radius 1 is 0.211 bits per heavy atom. The maximum absolute atomic E-state index is 13.6. The fraction of sp³-hybridized carbons (Fsp3) is 0.0280. The first kappa shape index (κ1) is 66.5. The normalized spacial score (nSPS) is 12.1. The molecule has 0 N–H and O–H groups in total. The summed E-state index contributed by atoms with van der Waals surface area (Å²) in [5, 5.41) is 21.5. The molecule has 114 heavy (non-hydrogen) atoms. The lowest BCUT2D eigenvalue weighted by Gasteiger charge is -2.21. The van der Waals surface area contributed by atoms with Crippen molar-refractivity contribution in [3.63, 3.8) is 0 Å². The van der Waals surface area contributed by atoms with Crippen LogP contribution in [-0.2, 0) is 6.18 Å². The van der Waals surface area contributed by atoms with Crippen molar-refractivity contribution in [2.24, 2.45) is 0 Å². The molecule has 7 heteroatoms. The highest BCUT2D eigenvalue weighted by Gasteiger charge is 2.32. The molecule has 0 saturated carbocycles. The fourth-order valence-electron chi connectivity index (χ4n) is 18.3. The lowest BCUT2D eigenvalue weighted by Crippen LogP contribution is -2.04. The molecule has 0 spiro atoms. The van der Waals surface area contributed by atoms with Crippen molar-refractivity contribution >= 4 is 152 Å². The van der Waals surface area contributed by atoms with Crippen LogP contribution in [0, 0.1) is 13.8 Å². The van der Waals surface area contributed by atoms with Gasteiger partial charge in [-0.2, -0.15) is 13.2 Å². The van der Waals surface area contributed by atoms with Crippen molar-refractivity contribution in [1.82, 2.24) is 0 Å². The van der Waals surface area contributed by atoms with E-state index in [4.69, 9.17) is 17.7 Å². The average molecular weight is 1470 g/mol. The molecule has 0 aliphatic rings. The number of rotatable bonds is 7. The average Bonchev–Trinajstić information content (AvgIpc) is 1.40. The van der Waals surface area contributed by atoms with E-state index in [2.05, 4.69) is 293 Å². The number of fused-ring (bicyclic) bond motifs is 16. The van der Waals surface area contributed by atoms with Crippen LogP contribution in [0.4, 0.5) is 13.2 Å². The third-order valence-corrected chi connectivity index (χ3v) is 23.4. The van der Waals surface area contributed by atoms with Crippen LogP contribution in [0.15, 0.2) is 376 Å². The van der Waals surface area contributed by atoms with Gasteiger partial charge in [-0.1, -0.05) is 291 Å². The number of benzene rings is 20. The molecule has 0 bridgehead atoms. The highest BCUT2D eigenvalue weighted by Crippen LogP contribution is 2.55. The van der Waals surface area contributed by atoms with Gasteiger partial charge in [-0.3, -0.25) is 0 Å². The van der Waals surface area contributed by atoms with Crippen molar-refractivity contribution < 1.29 is 30.8 Å². The molecule has 0 aliphatic carbocycles. The van der Waals surface area contributed by atoms with Crippen LogP contribution in [0.25, 0.3) is 230 Å². The van der Waals surface area contributed by atoms with E-state index >= 15 is 0 Å². The number of aryl methyl sites for hydroxylation is 1. The van der Waals surface area contributed by atoms with Crippen molar-refractivity contribution in [2.75, 3.05) is 0 Å². The Hall–Kier alpha value is -14.5. The summed E-state index contributed by atoms with van der Waals surface area (Å²) in [4.78, 5) is 0. The number of alkyl halides is 3. The Morgan fingerprint density at radius 2 is 0.570 bits per heavy atom. The molecular weight excluding hydrogens is 1410 g/mol. The minimum Gasteiger partial charge on any atom is -0.455 e. The van der Waals surface area contributed by atoms with Crippen LogP contribution in [0.2, 0.25) is 0 Å². The zero-order valence-corrected chi connectivity index (χ0v) is 61.8. The Balaban J connectivity index is 0.000000114. The lowest BCUT2D eigenvalue weighted by atomic mass is 9.82. The summed E-state index contributed by atoms with van der Waals surface area (Å²) >= 11 is 0. The van der Waals surface area contributed by atoms with E-state index in [-0.39, 0.29) is 0 Å². The summed E-state index contributed by atoms with van der Waals surface area (Å²) in [7, 11) is 0. The number of halogens is 3. The fourth-order valence-corrected chi connectivity index (χ4v) is 18.3. The standard InChI is InChI=1S/C46H26O2.C42H23F3O2.C19H16/c1-3-12-27(13-4-1)30-18-11-19-31(28-14-5-2-6-15-28)43(30)35-26-39-42-29(24-37-32-16-7-9-20-40(32)48-46(37)39)22-23-34-44(42)36(35)25-38-33-17-8-10-21-41(33)47-45(34)38;1-22-10-12-23(13-11-22)34-28-18-20-31-37-29(19-21-30(36(28)37)40-38(34)26-6-2-4-8-32(26)46-40)35(24-14-16-25(17-15-24)42(43,44)45)39-27-7-3-5-9-33(27)47-41(31)39;1-15-18(16-9-4-2-5-10-16)13-8-14-19(15)17-11-6-3-7-12-17/h1-26H;2-21H,1H3;2-14H,1H3. The van der Waals surface area contributed by atoms with E-state index < -0.39 is 11.7 Å². The van der Waals surface area contributed by atoms with E-state index in [0.29, 0.717) is 11.1 Å². The number of hydrogen-bond donors (Lipinski definition) is 0. The van der Waals surface area contributed by atoms with Gasteiger partial charge in [0.05, 0.1) is 5.56 Å². The summed E-state index contributed by atoms with van der Waals surface area (Å²) in [5.41, 5.74) is 24.6. The Kier molecular flexibility index (Phi) is 15.2. The summed E-state index contributed by atoms with van der Waals surface area (Å²) < 4.78 is 67.6. The number of hydrogen-bond acceptors (Lipinski definition) is 4. The van der Waals surface area contributed by atoms with Gasteiger partial charge in [-0.05, 0) is 181 Å². The summed E-state index contributed by atoms with van der Waals surface area (Å²) in [6.45, 7) is 4.28. The topological polar surface area (TPSA) is 52.6 Å². The van der Waals surface area contributed by atoms with Crippen molar-refractivity contribution in [1.29, 1.82) is 0 Å². The van der Waals surface area contributed by atoms with E-state index in [9.17, 15) is 13.2 Å². The summed E-state index contributed by atoms with van der Waals surface area (Å²) in [6.07, 6.45) is -4.43. The predicted molar refractivity (Wildman–Crippen MR) is 468 cm³/mol. The van der Waals surface area contributed by atoms with Gasteiger partial charge in [0, 0.05) is 97.3 Å². The van der Waals surface area contributed by atoms with Gasteiger partial charge in [-0.25, -0.2) is 0 Å². The maximum Gasteiger partial charge on any atom is 0.416 e. The maximum atomic E-state index is 13.6. The zero-order valence-electron chi connectivity index (χ0n) is 61.8. The van der Waals surface area contributed by atoms with Crippen LogP contribution in [0.1, 0.15) is 16.7 Å². The molecule has 24 rings (SSSR count). The third-order valence-electron chi connectivity index (χ3n) is 23.4. The van der Waals surface area contributed by atoms with Gasteiger partial charge in [0.2, 0.25) is 0 Å². The molecule has 0 amide bonds. The monoisotopic (exact) mass is 1470 g/mol.